The van der Waals surface area contributed by atoms with E-state index < -0.39 is 10.0 Å². The molecule has 1 aliphatic rings. The van der Waals surface area contributed by atoms with E-state index in [0.29, 0.717) is 43.6 Å². The molecule has 30 heavy (non-hydrogen) atoms. The van der Waals surface area contributed by atoms with Crippen molar-refractivity contribution < 1.29 is 17.9 Å². The van der Waals surface area contributed by atoms with E-state index in [2.05, 4.69) is 13.8 Å². The van der Waals surface area contributed by atoms with Gasteiger partial charge in [-0.1, -0.05) is 56.3 Å². The molecular formula is C23H30N2O4S. The molecule has 1 heterocycles. The molecule has 0 spiro atoms. The maximum Gasteiger partial charge on any atom is 0.248 e. The van der Waals surface area contributed by atoms with Gasteiger partial charge < -0.3 is 9.64 Å². The maximum atomic E-state index is 12.9. The van der Waals surface area contributed by atoms with E-state index in [1.165, 1.54) is 4.31 Å². The van der Waals surface area contributed by atoms with Crippen molar-refractivity contribution in [2.45, 2.75) is 37.7 Å². The Hall–Kier alpha value is -2.22. The second-order valence-electron chi connectivity index (χ2n) is 7.64. The van der Waals surface area contributed by atoms with Crippen LogP contribution in [0.15, 0.2) is 59.5 Å². The van der Waals surface area contributed by atoms with Crippen LogP contribution in [-0.2, 0) is 26.2 Å². The van der Waals surface area contributed by atoms with Gasteiger partial charge in [0, 0.05) is 26.2 Å². The summed E-state index contributed by atoms with van der Waals surface area (Å²) < 4.78 is 32.9. The maximum absolute atomic E-state index is 12.9. The minimum absolute atomic E-state index is 0.00127. The largest absolute Gasteiger partial charge is 0.367 e. The molecule has 0 N–H and O–H groups in total. The summed E-state index contributed by atoms with van der Waals surface area (Å²) in [6.07, 6.45) is 1.01. The zero-order valence-electron chi connectivity index (χ0n) is 17.7. The fourth-order valence-corrected chi connectivity index (χ4v) is 4.87. The highest BCUT2D eigenvalue weighted by molar-refractivity contribution is 7.89. The first-order chi connectivity index (χ1) is 14.4. The van der Waals surface area contributed by atoms with Gasteiger partial charge in [-0.25, -0.2) is 8.42 Å². The molecular weight excluding hydrogens is 400 g/mol. The quantitative estimate of drug-likeness (QED) is 0.645. The number of hydrogen-bond acceptors (Lipinski definition) is 4. The first-order valence-electron chi connectivity index (χ1n) is 10.4. The molecule has 1 unspecified atom stereocenters. The zero-order chi connectivity index (χ0) is 21.6. The van der Waals surface area contributed by atoms with Crippen molar-refractivity contribution in [3.05, 3.63) is 65.7 Å². The van der Waals surface area contributed by atoms with Crippen molar-refractivity contribution in [2.75, 3.05) is 32.8 Å². The monoisotopic (exact) mass is 430 g/mol. The number of nitrogens with zero attached hydrogens (tertiary/aromatic N) is 2. The van der Waals surface area contributed by atoms with Gasteiger partial charge in [0.15, 0.2) is 0 Å². The van der Waals surface area contributed by atoms with E-state index in [9.17, 15) is 13.2 Å². The highest BCUT2D eigenvalue weighted by Crippen LogP contribution is 2.23. The van der Waals surface area contributed by atoms with E-state index >= 15 is 0 Å². The first kappa shape index (κ1) is 22.5. The zero-order valence-corrected chi connectivity index (χ0v) is 18.5. The summed E-state index contributed by atoms with van der Waals surface area (Å²) in [7, 11) is -3.55. The van der Waals surface area contributed by atoms with Crippen LogP contribution in [0, 0.1) is 0 Å². The predicted octanol–water partition coefficient (Wildman–Crippen LogP) is 3.25. The minimum atomic E-state index is -3.55. The third-order valence-corrected chi connectivity index (χ3v) is 7.54. The second-order valence-corrected chi connectivity index (χ2v) is 9.58. The second kappa shape index (κ2) is 10.2. The molecule has 0 aliphatic carbocycles. The van der Waals surface area contributed by atoms with E-state index in [4.69, 9.17) is 4.74 Å². The molecule has 0 radical (unpaired) electrons. The molecule has 2 aromatic rings. The van der Waals surface area contributed by atoms with Gasteiger partial charge in [0.1, 0.15) is 6.61 Å². The lowest BCUT2D eigenvalue weighted by molar-refractivity contribution is -0.137. The number of carbonyl (C=O) groups excluding carboxylic acids is 1. The van der Waals surface area contributed by atoms with Crippen molar-refractivity contribution >= 4 is 15.9 Å². The van der Waals surface area contributed by atoms with Gasteiger partial charge >= 0.3 is 0 Å². The Morgan fingerprint density at radius 1 is 1.00 bits per heavy atom. The van der Waals surface area contributed by atoms with Crippen LogP contribution in [-0.4, -0.2) is 56.3 Å². The molecule has 0 aromatic heterocycles. The number of sulfonamides is 1. The lowest BCUT2D eigenvalue weighted by Gasteiger charge is -2.34. The summed E-state index contributed by atoms with van der Waals surface area (Å²) in [4.78, 5) is 14.4. The number of ether oxygens (including phenoxy) is 1. The van der Waals surface area contributed by atoms with Gasteiger partial charge in [-0.2, -0.15) is 4.31 Å². The van der Waals surface area contributed by atoms with E-state index in [1.807, 2.05) is 42.5 Å². The standard InChI is InChI=1S/C23H30N2O4S/c1-3-19(2)21-9-11-22(12-10-21)30(27,28)25-15-13-24(14-16-25)23(26)18-29-17-20-7-5-4-6-8-20/h4-12,19H,3,13-18H2,1-2H3. The van der Waals surface area contributed by atoms with Crippen LogP contribution in [0.4, 0.5) is 0 Å². The van der Waals surface area contributed by atoms with Gasteiger partial charge in [0.05, 0.1) is 11.5 Å². The highest BCUT2D eigenvalue weighted by atomic mass is 32.2. The minimum Gasteiger partial charge on any atom is -0.367 e. The summed E-state index contributed by atoms with van der Waals surface area (Å²) in [5.74, 6) is 0.293. The average molecular weight is 431 g/mol. The Kier molecular flexibility index (Phi) is 7.64. The van der Waals surface area contributed by atoms with Crippen molar-refractivity contribution in [3.8, 4) is 0 Å². The molecule has 0 bridgehead atoms. The smallest absolute Gasteiger partial charge is 0.248 e. The Morgan fingerprint density at radius 3 is 2.23 bits per heavy atom. The third kappa shape index (κ3) is 5.47. The van der Waals surface area contributed by atoms with Crippen LogP contribution in [0.25, 0.3) is 0 Å². The van der Waals surface area contributed by atoms with Crippen LogP contribution < -0.4 is 0 Å². The van der Waals surface area contributed by atoms with Crippen molar-refractivity contribution in [1.82, 2.24) is 9.21 Å². The normalized spacial score (nSPS) is 16.4. The number of benzene rings is 2. The topological polar surface area (TPSA) is 66.9 Å². The molecule has 3 rings (SSSR count). The molecule has 2 aromatic carbocycles. The molecule has 162 valence electrons. The average Bonchev–Trinajstić information content (AvgIpc) is 2.79. The third-order valence-electron chi connectivity index (χ3n) is 5.63. The first-order valence-corrected chi connectivity index (χ1v) is 11.9. The van der Waals surface area contributed by atoms with Gasteiger partial charge in [0.2, 0.25) is 15.9 Å². The lowest BCUT2D eigenvalue weighted by Crippen LogP contribution is -2.51. The Labute approximate surface area is 179 Å². The summed E-state index contributed by atoms with van der Waals surface area (Å²) in [5, 5.41) is 0. The highest BCUT2D eigenvalue weighted by Gasteiger charge is 2.30. The van der Waals surface area contributed by atoms with Crippen LogP contribution in [0.3, 0.4) is 0 Å². The SMILES string of the molecule is CCC(C)c1ccc(S(=O)(=O)N2CCN(C(=O)COCc3ccccc3)CC2)cc1. The lowest BCUT2D eigenvalue weighted by atomic mass is 9.99. The van der Waals surface area contributed by atoms with E-state index in [0.717, 1.165) is 17.5 Å². The molecule has 6 nitrogen and oxygen atoms in total. The summed E-state index contributed by atoms with van der Waals surface area (Å²) in [6, 6.07) is 16.8. The number of rotatable bonds is 8. The Morgan fingerprint density at radius 2 is 1.63 bits per heavy atom. The molecule has 7 heteroatoms. The Bertz CT molecular complexity index is 921. The van der Waals surface area contributed by atoms with Crippen LogP contribution >= 0.6 is 0 Å². The van der Waals surface area contributed by atoms with Crippen LogP contribution in [0.2, 0.25) is 0 Å². The number of amides is 1. The molecule has 1 fully saturated rings. The van der Waals surface area contributed by atoms with E-state index in [1.54, 1.807) is 17.0 Å². The van der Waals surface area contributed by atoms with Crippen LogP contribution in [0.5, 0.6) is 0 Å². The molecule has 1 atom stereocenters. The van der Waals surface area contributed by atoms with Crippen molar-refractivity contribution in [2.24, 2.45) is 0 Å². The molecule has 1 aliphatic heterocycles. The summed E-state index contributed by atoms with van der Waals surface area (Å²) in [6.45, 7) is 5.95. The predicted molar refractivity (Wildman–Crippen MR) is 117 cm³/mol. The summed E-state index contributed by atoms with van der Waals surface area (Å²) >= 11 is 0. The van der Waals surface area contributed by atoms with Gasteiger partial charge in [0.25, 0.3) is 0 Å². The fraction of sp³-hybridized carbons (Fsp3) is 0.435. The molecule has 1 saturated heterocycles. The number of hydrogen-bond donors (Lipinski definition) is 0. The molecule has 1 amide bonds. The van der Waals surface area contributed by atoms with Gasteiger partial charge in [-0.05, 0) is 35.6 Å². The number of piperazine rings is 1. The summed E-state index contributed by atoms with van der Waals surface area (Å²) in [5.41, 5.74) is 2.16. The molecule has 0 saturated carbocycles. The van der Waals surface area contributed by atoms with Crippen LogP contribution in [0.1, 0.15) is 37.3 Å². The van der Waals surface area contributed by atoms with Gasteiger partial charge in [-0.3, -0.25) is 4.79 Å². The fourth-order valence-electron chi connectivity index (χ4n) is 3.45. The number of carbonyl (C=O) groups is 1. The van der Waals surface area contributed by atoms with Gasteiger partial charge in [-0.15, -0.1) is 0 Å². The Balaban J connectivity index is 1.50. The van der Waals surface area contributed by atoms with E-state index in [-0.39, 0.29) is 12.5 Å². The van der Waals surface area contributed by atoms with Crippen molar-refractivity contribution in [1.29, 1.82) is 0 Å². The van der Waals surface area contributed by atoms with Crippen molar-refractivity contribution in [3.63, 3.8) is 0 Å².